The normalized spacial score (nSPS) is 13.9. The summed E-state index contributed by atoms with van der Waals surface area (Å²) in [5, 5.41) is 6.44. The topological polar surface area (TPSA) is 66.1 Å². The monoisotopic (exact) mass is 299 g/mol. The zero-order valence-electron chi connectivity index (χ0n) is 11.3. The molecule has 0 aliphatic carbocycles. The molecular formula is C12H17N3O2S2. The number of aryl methyl sites for hydroxylation is 2. The van der Waals surface area contributed by atoms with Crippen LogP contribution >= 0.6 is 11.3 Å². The number of aromatic amines is 1. The number of rotatable bonds is 4. The van der Waals surface area contributed by atoms with Crippen molar-refractivity contribution >= 4 is 21.4 Å². The van der Waals surface area contributed by atoms with E-state index in [1.807, 2.05) is 26.0 Å². The quantitative estimate of drug-likeness (QED) is 0.943. The molecule has 2 aromatic heterocycles. The molecule has 0 amide bonds. The van der Waals surface area contributed by atoms with Gasteiger partial charge in [-0.3, -0.25) is 5.10 Å². The first kappa shape index (κ1) is 14.2. The molecule has 1 unspecified atom stereocenters. The Morgan fingerprint density at radius 1 is 1.37 bits per heavy atom. The van der Waals surface area contributed by atoms with Crippen LogP contribution in [0.15, 0.2) is 23.2 Å². The Morgan fingerprint density at radius 3 is 2.53 bits per heavy atom. The van der Waals surface area contributed by atoms with Gasteiger partial charge in [0.1, 0.15) is 4.90 Å². The number of H-pyrrole nitrogens is 1. The molecule has 1 N–H and O–H groups in total. The lowest BCUT2D eigenvalue weighted by Crippen LogP contribution is -2.29. The molecule has 0 fully saturated rings. The van der Waals surface area contributed by atoms with Crippen LogP contribution < -0.4 is 0 Å². The van der Waals surface area contributed by atoms with Gasteiger partial charge < -0.3 is 0 Å². The van der Waals surface area contributed by atoms with E-state index < -0.39 is 10.0 Å². The van der Waals surface area contributed by atoms with E-state index in [0.29, 0.717) is 5.69 Å². The number of nitrogens with one attached hydrogen (secondary N) is 1. The summed E-state index contributed by atoms with van der Waals surface area (Å²) in [6, 6.07) is 3.77. The number of hydrogen-bond donors (Lipinski definition) is 1. The van der Waals surface area contributed by atoms with Crippen LogP contribution in [0.25, 0.3) is 0 Å². The summed E-state index contributed by atoms with van der Waals surface area (Å²) < 4.78 is 26.4. The fourth-order valence-electron chi connectivity index (χ4n) is 1.82. The molecule has 0 aliphatic heterocycles. The van der Waals surface area contributed by atoms with Gasteiger partial charge in [0.25, 0.3) is 0 Å². The number of aromatic nitrogens is 2. The van der Waals surface area contributed by atoms with Gasteiger partial charge in [-0.05, 0) is 32.9 Å². The van der Waals surface area contributed by atoms with Crippen molar-refractivity contribution in [1.82, 2.24) is 14.5 Å². The Balaban J connectivity index is 2.34. The summed E-state index contributed by atoms with van der Waals surface area (Å²) in [4.78, 5) is 2.44. The lowest BCUT2D eigenvalue weighted by Gasteiger charge is -2.23. The maximum Gasteiger partial charge on any atom is 0.246 e. The van der Waals surface area contributed by atoms with Crippen molar-refractivity contribution in [3.8, 4) is 0 Å². The van der Waals surface area contributed by atoms with E-state index in [4.69, 9.17) is 0 Å². The van der Waals surface area contributed by atoms with E-state index in [2.05, 4.69) is 10.2 Å². The first-order chi connectivity index (χ1) is 8.84. The highest BCUT2D eigenvalue weighted by Crippen LogP contribution is 2.30. The smallest absolute Gasteiger partial charge is 0.246 e. The molecule has 2 rings (SSSR count). The van der Waals surface area contributed by atoms with Crippen molar-refractivity contribution in [2.75, 3.05) is 7.05 Å². The number of nitrogens with zero attached hydrogens (tertiary/aromatic N) is 2. The lowest BCUT2D eigenvalue weighted by atomic mass is 10.3. The summed E-state index contributed by atoms with van der Waals surface area (Å²) in [6.45, 7) is 5.60. The van der Waals surface area contributed by atoms with E-state index in [1.165, 1.54) is 15.4 Å². The zero-order chi connectivity index (χ0) is 14.2. The van der Waals surface area contributed by atoms with Crippen LogP contribution in [0.2, 0.25) is 0 Å². The van der Waals surface area contributed by atoms with Crippen LogP contribution in [0, 0.1) is 13.8 Å². The maximum atomic E-state index is 12.5. The standard InChI is InChI=1S/C12H17N3O2S2/c1-8-5-6-11(18-8)10(3)15(4)19(16,17)12-7-13-14-9(12)2/h5-7,10H,1-4H3,(H,13,14). The molecule has 7 heteroatoms. The zero-order valence-corrected chi connectivity index (χ0v) is 13.0. The molecule has 0 bridgehead atoms. The first-order valence-electron chi connectivity index (χ1n) is 5.88. The number of hydrogen-bond acceptors (Lipinski definition) is 4. The molecule has 1 atom stereocenters. The minimum Gasteiger partial charge on any atom is -0.281 e. The second kappa shape index (κ2) is 5.07. The van der Waals surface area contributed by atoms with Gasteiger partial charge in [0.05, 0.1) is 17.9 Å². The highest BCUT2D eigenvalue weighted by Gasteiger charge is 2.29. The van der Waals surface area contributed by atoms with Crippen LogP contribution in [0.5, 0.6) is 0 Å². The second-order valence-electron chi connectivity index (χ2n) is 4.50. The summed E-state index contributed by atoms with van der Waals surface area (Å²) in [5.74, 6) is 0. The predicted molar refractivity (Wildman–Crippen MR) is 75.7 cm³/mol. The molecule has 0 saturated carbocycles. The molecule has 0 saturated heterocycles. The van der Waals surface area contributed by atoms with Crippen LogP contribution in [-0.2, 0) is 10.0 Å². The highest BCUT2D eigenvalue weighted by atomic mass is 32.2. The second-order valence-corrected chi connectivity index (χ2v) is 7.79. The van der Waals surface area contributed by atoms with E-state index in [-0.39, 0.29) is 10.9 Å². The lowest BCUT2D eigenvalue weighted by molar-refractivity contribution is 0.402. The largest absolute Gasteiger partial charge is 0.281 e. The molecule has 104 valence electrons. The van der Waals surface area contributed by atoms with Crippen molar-refractivity contribution in [2.24, 2.45) is 0 Å². The average molecular weight is 299 g/mol. The summed E-state index contributed by atoms with van der Waals surface area (Å²) in [7, 11) is -1.92. The predicted octanol–water partition coefficient (Wildman–Crippen LogP) is 2.47. The van der Waals surface area contributed by atoms with E-state index in [0.717, 1.165) is 4.88 Å². The van der Waals surface area contributed by atoms with Gasteiger partial charge in [0, 0.05) is 16.8 Å². The molecule has 0 aromatic carbocycles. The van der Waals surface area contributed by atoms with Gasteiger partial charge in [0.2, 0.25) is 10.0 Å². The van der Waals surface area contributed by atoms with Crippen LogP contribution in [0.3, 0.4) is 0 Å². The van der Waals surface area contributed by atoms with Gasteiger partial charge >= 0.3 is 0 Å². The number of thiophene rings is 1. The van der Waals surface area contributed by atoms with Crippen molar-refractivity contribution in [1.29, 1.82) is 0 Å². The Morgan fingerprint density at radius 2 is 2.05 bits per heavy atom. The highest BCUT2D eigenvalue weighted by molar-refractivity contribution is 7.89. The molecule has 0 aliphatic rings. The maximum absolute atomic E-state index is 12.5. The third kappa shape index (κ3) is 2.58. The van der Waals surface area contributed by atoms with Crippen LogP contribution in [0.1, 0.15) is 28.4 Å². The summed E-state index contributed by atoms with van der Waals surface area (Å²) >= 11 is 1.61. The van der Waals surface area contributed by atoms with Crippen molar-refractivity contribution < 1.29 is 8.42 Å². The van der Waals surface area contributed by atoms with Crippen molar-refractivity contribution in [3.05, 3.63) is 33.8 Å². The molecular weight excluding hydrogens is 282 g/mol. The van der Waals surface area contributed by atoms with Gasteiger partial charge in [-0.25, -0.2) is 8.42 Å². The molecule has 0 radical (unpaired) electrons. The summed E-state index contributed by atoms with van der Waals surface area (Å²) in [5.41, 5.74) is 0.557. The van der Waals surface area contributed by atoms with E-state index >= 15 is 0 Å². The van der Waals surface area contributed by atoms with E-state index in [9.17, 15) is 8.42 Å². The Kier molecular flexibility index (Phi) is 3.80. The van der Waals surface area contributed by atoms with Crippen LogP contribution in [0.4, 0.5) is 0 Å². The fraction of sp³-hybridized carbons (Fsp3) is 0.417. The van der Waals surface area contributed by atoms with Gasteiger partial charge in [0.15, 0.2) is 0 Å². The molecule has 0 spiro atoms. The SMILES string of the molecule is Cc1ccc(C(C)N(C)S(=O)(=O)c2cn[nH]c2C)s1. The third-order valence-electron chi connectivity index (χ3n) is 3.16. The van der Waals surface area contributed by atoms with Crippen LogP contribution in [-0.4, -0.2) is 30.0 Å². The summed E-state index contributed by atoms with van der Waals surface area (Å²) in [6.07, 6.45) is 1.35. The van der Waals surface area contributed by atoms with Gasteiger partial charge in [-0.1, -0.05) is 0 Å². The van der Waals surface area contributed by atoms with Gasteiger partial charge in [-0.15, -0.1) is 11.3 Å². The van der Waals surface area contributed by atoms with Gasteiger partial charge in [-0.2, -0.15) is 9.40 Å². The minimum atomic E-state index is -3.52. The Bertz CT molecular complexity index is 673. The van der Waals surface area contributed by atoms with Crippen molar-refractivity contribution in [3.63, 3.8) is 0 Å². The average Bonchev–Trinajstić information content (AvgIpc) is 2.96. The third-order valence-corrected chi connectivity index (χ3v) is 6.37. The fourth-order valence-corrected chi connectivity index (χ4v) is 4.32. The number of sulfonamides is 1. The molecule has 2 heterocycles. The minimum absolute atomic E-state index is 0.196. The molecule has 2 aromatic rings. The van der Waals surface area contributed by atoms with Crippen molar-refractivity contribution in [2.45, 2.75) is 31.7 Å². The Labute approximate surface area is 117 Å². The Hall–Kier alpha value is -1.18. The molecule has 5 nitrogen and oxygen atoms in total. The molecule has 19 heavy (non-hydrogen) atoms. The first-order valence-corrected chi connectivity index (χ1v) is 8.14. The van der Waals surface area contributed by atoms with E-state index in [1.54, 1.807) is 25.3 Å².